The van der Waals surface area contributed by atoms with E-state index in [9.17, 15) is 4.79 Å². The molecular weight excluding hydrogens is 364 g/mol. The number of carbonyl (C=O) groups is 1. The number of anilines is 2. The highest BCUT2D eigenvalue weighted by Gasteiger charge is 2.20. The van der Waals surface area contributed by atoms with Crippen molar-refractivity contribution in [1.29, 1.82) is 0 Å². The zero-order valence-corrected chi connectivity index (χ0v) is 16.7. The molecule has 6 nitrogen and oxygen atoms in total. The summed E-state index contributed by atoms with van der Waals surface area (Å²) in [5.74, 6) is 1.71. The van der Waals surface area contributed by atoms with E-state index in [0.29, 0.717) is 29.6 Å². The first kappa shape index (κ1) is 18.9. The molecule has 1 N–H and O–H groups in total. The quantitative estimate of drug-likeness (QED) is 0.716. The molecule has 0 unspecified atom stereocenters. The van der Waals surface area contributed by atoms with E-state index >= 15 is 0 Å². The molecule has 2 heterocycles. The molecule has 1 aromatic heterocycles. The van der Waals surface area contributed by atoms with Crippen LogP contribution in [0.3, 0.4) is 0 Å². The van der Waals surface area contributed by atoms with Gasteiger partial charge in [0.15, 0.2) is 0 Å². The number of hydrogen-bond acceptors (Lipinski definition) is 5. The van der Waals surface area contributed by atoms with Crippen molar-refractivity contribution in [3.05, 3.63) is 77.2 Å². The lowest BCUT2D eigenvalue weighted by Gasteiger charge is -2.30. The van der Waals surface area contributed by atoms with Gasteiger partial charge in [0, 0.05) is 19.2 Å². The number of para-hydroxylation sites is 2. The molecule has 3 aromatic rings. The van der Waals surface area contributed by atoms with E-state index in [1.807, 2.05) is 38.1 Å². The van der Waals surface area contributed by atoms with Crippen molar-refractivity contribution >= 4 is 17.4 Å². The van der Waals surface area contributed by atoms with Crippen molar-refractivity contribution < 1.29 is 9.53 Å². The smallest absolute Gasteiger partial charge is 0.274 e. The topological polar surface area (TPSA) is 67.3 Å². The summed E-state index contributed by atoms with van der Waals surface area (Å²) >= 11 is 0. The van der Waals surface area contributed by atoms with E-state index in [1.165, 1.54) is 11.1 Å². The Morgan fingerprint density at radius 2 is 1.86 bits per heavy atom. The minimum atomic E-state index is -0.277. The van der Waals surface area contributed by atoms with Gasteiger partial charge in [0.05, 0.1) is 12.3 Å². The van der Waals surface area contributed by atoms with E-state index in [2.05, 4.69) is 44.5 Å². The SMILES string of the molecule is CCOc1ccccc1NC(=O)c1cc(N2CCc3ccccc3C2)nc(C)n1. The normalized spacial score (nSPS) is 13.0. The summed E-state index contributed by atoms with van der Waals surface area (Å²) in [6.45, 7) is 5.89. The maximum Gasteiger partial charge on any atom is 0.274 e. The van der Waals surface area contributed by atoms with Crippen molar-refractivity contribution in [3.8, 4) is 5.75 Å². The largest absolute Gasteiger partial charge is 0.492 e. The number of aryl methyl sites for hydroxylation is 1. The molecular formula is C23H24N4O2. The van der Waals surface area contributed by atoms with Gasteiger partial charge in [0.1, 0.15) is 23.1 Å². The molecule has 4 rings (SSSR count). The fourth-order valence-electron chi connectivity index (χ4n) is 3.56. The molecule has 0 radical (unpaired) electrons. The van der Waals surface area contributed by atoms with Crippen LogP contribution in [-0.4, -0.2) is 29.0 Å². The molecule has 1 aliphatic heterocycles. The fraction of sp³-hybridized carbons (Fsp3) is 0.261. The first-order chi connectivity index (χ1) is 14.1. The lowest BCUT2D eigenvalue weighted by molar-refractivity contribution is 0.102. The fourth-order valence-corrected chi connectivity index (χ4v) is 3.56. The van der Waals surface area contributed by atoms with Gasteiger partial charge in [-0.25, -0.2) is 9.97 Å². The molecule has 0 bridgehead atoms. The van der Waals surface area contributed by atoms with Gasteiger partial charge >= 0.3 is 0 Å². The Hall–Kier alpha value is -3.41. The monoisotopic (exact) mass is 388 g/mol. The number of nitrogens with zero attached hydrogens (tertiary/aromatic N) is 3. The Kier molecular flexibility index (Phi) is 5.42. The number of nitrogens with one attached hydrogen (secondary N) is 1. The Morgan fingerprint density at radius 1 is 1.10 bits per heavy atom. The molecule has 0 saturated heterocycles. The first-order valence-electron chi connectivity index (χ1n) is 9.84. The number of ether oxygens (including phenoxy) is 1. The number of amides is 1. The molecule has 148 valence electrons. The standard InChI is InChI=1S/C23H24N4O2/c1-3-29-21-11-7-6-10-19(21)26-23(28)20-14-22(25-16(2)24-20)27-13-12-17-8-4-5-9-18(17)15-27/h4-11,14H,3,12-13,15H2,1-2H3,(H,26,28). The predicted octanol–water partition coefficient (Wildman–Crippen LogP) is 4.00. The molecule has 0 fully saturated rings. The van der Waals surface area contributed by atoms with Gasteiger partial charge in [0.25, 0.3) is 5.91 Å². The van der Waals surface area contributed by atoms with Crippen molar-refractivity contribution in [2.24, 2.45) is 0 Å². The Morgan fingerprint density at radius 3 is 2.69 bits per heavy atom. The van der Waals surface area contributed by atoms with Crippen LogP contribution in [-0.2, 0) is 13.0 Å². The average Bonchev–Trinajstić information content (AvgIpc) is 2.74. The van der Waals surface area contributed by atoms with Crippen LogP contribution in [0.15, 0.2) is 54.6 Å². The van der Waals surface area contributed by atoms with Crippen molar-refractivity contribution in [2.75, 3.05) is 23.4 Å². The van der Waals surface area contributed by atoms with Crippen molar-refractivity contribution in [3.63, 3.8) is 0 Å². The molecule has 6 heteroatoms. The Labute approximate surface area is 170 Å². The maximum atomic E-state index is 12.9. The first-order valence-corrected chi connectivity index (χ1v) is 9.84. The number of rotatable bonds is 5. The van der Waals surface area contributed by atoms with Gasteiger partial charge in [-0.05, 0) is 43.5 Å². The second kappa shape index (κ2) is 8.31. The van der Waals surface area contributed by atoms with E-state index in [1.54, 1.807) is 6.07 Å². The van der Waals surface area contributed by atoms with Crippen LogP contribution in [0.1, 0.15) is 34.4 Å². The highest BCUT2D eigenvalue weighted by atomic mass is 16.5. The number of benzene rings is 2. The third-order valence-corrected chi connectivity index (χ3v) is 4.95. The number of hydrogen-bond donors (Lipinski definition) is 1. The summed E-state index contributed by atoms with van der Waals surface area (Å²) in [5.41, 5.74) is 3.65. The summed E-state index contributed by atoms with van der Waals surface area (Å²) in [7, 11) is 0. The lowest BCUT2D eigenvalue weighted by atomic mass is 10.00. The molecule has 29 heavy (non-hydrogen) atoms. The summed E-state index contributed by atoms with van der Waals surface area (Å²) in [6, 6.07) is 17.6. The van der Waals surface area contributed by atoms with Crippen LogP contribution in [0.2, 0.25) is 0 Å². The maximum absolute atomic E-state index is 12.9. The summed E-state index contributed by atoms with van der Waals surface area (Å²) in [4.78, 5) is 24.0. The summed E-state index contributed by atoms with van der Waals surface area (Å²) < 4.78 is 5.59. The second-order valence-corrected chi connectivity index (χ2v) is 6.98. The highest BCUT2D eigenvalue weighted by molar-refractivity contribution is 6.04. The molecule has 0 atom stereocenters. The molecule has 0 saturated carbocycles. The minimum Gasteiger partial charge on any atom is -0.492 e. The van der Waals surface area contributed by atoms with Gasteiger partial charge in [-0.2, -0.15) is 0 Å². The molecule has 0 spiro atoms. The molecule has 1 aliphatic rings. The van der Waals surface area contributed by atoms with Gasteiger partial charge < -0.3 is 15.0 Å². The Bertz CT molecular complexity index is 1030. The number of carbonyl (C=O) groups excluding carboxylic acids is 1. The van der Waals surface area contributed by atoms with Crippen LogP contribution in [0, 0.1) is 6.92 Å². The zero-order valence-electron chi connectivity index (χ0n) is 16.7. The summed E-state index contributed by atoms with van der Waals surface area (Å²) in [5, 5.41) is 2.91. The highest BCUT2D eigenvalue weighted by Crippen LogP contribution is 2.26. The van der Waals surface area contributed by atoms with Crippen LogP contribution < -0.4 is 15.0 Å². The molecule has 2 aromatic carbocycles. The third kappa shape index (κ3) is 4.21. The zero-order chi connectivity index (χ0) is 20.2. The molecule has 1 amide bonds. The minimum absolute atomic E-state index is 0.277. The van der Waals surface area contributed by atoms with E-state index in [-0.39, 0.29) is 5.91 Å². The lowest BCUT2D eigenvalue weighted by Crippen LogP contribution is -2.31. The Balaban J connectivity index is 1.57. The predicted molar refractivity (Wildman–Crippen MR) is 114 cm³/mol. The second-order valence-electron chi connectivity index (χ2n) is 6.98. The number of fused-ring (bicyclic) bond motifs is 1. The van der Waals surface area contributed by atoms with Crippen LogP contribution in [0.4, 0.5) is 11.5 Å². The summed E-state index contributed by atoms with van der Waals surface area (Å²) in [6.07, 6.45) is 0.961. The van der Waals surface area contributed by atoms with Crippen LogP contribution in [0.25, 0.3) is 0 Å². The third-order valence-electron chi connectivity index (χ3n) is 4.95. The van der Waals surface area contributed by atoms with Gasteiger partial charge in [-0.3, -0.25) is 4.79 Å². The van der Waals surface area contributed by atoms with E-state index in [4.69, 9.17) is 4.74 Å². The van der Waals surface area contributed by atoms with Crippen molar-refractivity contribution in [2.45, 2.75) is 26.8 Å². The molecule has 0 aliphatic carbocycles. The van der Waals surface area contributed by atoms with E-state index in [0.717, 1.165) is 25.3 Å². The van der Waals surface area contributed by atoms with Crippen molar-refractivity contribution in [1.82, 2.24) is 9.97 Å². The van der Waals surface area contributed by atoms with Crippen LogP contribution >= 0.6 is 0 Å². The van der Waals surface area contributed by atoms with Gasteiger partial charge in [-0.15, -0.1) is 0 Å². The average molecular weight is 388 g/mol. The van der Waals surface area contributed by atoms with Gasteiger partial charge in [-0.1, -0.05) is 36.4 Å². The van der Waals surface area contributed by atoms with Gasteiger partial charge in [0.2, 0.25) is 0 Å². The van der Waals surface area contributed by atoms with Crippen LogP contribution in [0.5, 0.6) is 5.75 Å². The van der Waals surface area contributed by atoms with E-state index < -0.39 is 0 Å². The number of aromatic nitrogens is 2.